The number of ether oxygens (including phenoxy) is 2. The Hall–Kier alpha value is -1.86. The molecule has 1 amide bonds. The van der Waals surface area contributed by atoms with Gasteiger partial charge in [-0.1, -0.05) is 40.7 Å². The molecule has 33 heavy (non-hydrogen) atoms. The van der Waals surface area contributed by atoms with Crippen molar-refractivity contribution >= 4 is 44.1 Å². The largest absolute Gasteiger partial charge is 0.483 e. The monoisotopic (exact) mass is 535 g/mol. The molecule has 1 N–H and O–H groups in total. The third-order valence-electron chi connectivity index (χ3n) is 6.63. The molecule has 3 rings (SSSR count). The van der Waals surface area contributed by atoms with E-state index in [2.05, 4.69) is 55.9 Å². The molecule has 0 bridgehead atoms. The van der Waals surface area contributed by atoms with Gasteiger partial charge in [0.1, 0.15) is 10.8 Å². The summed E-state index contributed by atoms with van der Waals surface area (Å²) in [5.74, 6) is 0.907. The summed E-state index contributed by atoms with van der Waals surface area (Å²) in [5, 5.41) is 3.46. The number of fused-ring (bicyclic) bond motifs is 1. The molecule has 2 aromatic rings. The summed E-state index contributed by atoms with van der Waals surface area (Å²) < 4.78 is 11.6. The number of hydrogen-bond acceptors (Lipinski definition) is 5. The Bertz CT molecular complexity index is 1020. The van der Waals surface area contributed by atoms with Crippen LogP contribution in [0.15, 0.2) is 22.7 Å². The molecule has 1 heterocycles. The Balaban J connectivity index is 1.73. The SMILES string of the molecule is CCC(C)c1ccc(OCC(=O)Nc2sc3c(c2C(=O)OC)CCC(C(C)(C)C)C3)c(Br)c1. The molecule has 0 saturated heterocycles. The molecule has 180 valence electrons. The second-order valence-electron chi connectivity index (χ2n) is 9.84. The molecule has 1 aliphatic rings. The topological polar surface area (TPSA) is 64.6 Å². The van der Waals surface area contributed by atoms with Crippen LogP contribution in [0.4, 0.5) is 5.00 Å². The summed E-state index contributed by atoms with van der Waals surface area (Å²) in [7, 11) is 1.38. The van der Waals surface area contributed by atoms with Crippen molar-refractivity contribution in [2.24, 2.45) is 11.3 Å². The van der Waals surface area contributed by atoms with Gasteiger partial charge < -0.3 is 14.8 Å². The second kappa shape index (κ2) is 10.6. The standard InChI is InChI=1S/C26H34BrNO4S/c1-7-15(2)16-8-11-20(19(27)12-16)32-14-22(29)28-24-23(25(30)31-6)18-10-9-17(26(3,4)5)13-21(18)33-24/h8,11-12,15,17H,7,9-10,13-14H2,1-6H3,(H,28,29). The van der Waals surface area contributed by atoms with Gasteiger partial charge >= 0.3 is 5.97 Å². The molecule has 0 radical (unpaired) electrons. The fraction of sp³-hybridized carbons (Fsp3) is 0.538. The number of rotatable bonds is 7. The fourth-order valence-electron chi connectivity index (χ4n) is 4.21. The molecule has 1 aromatic carbocycles. The number of amides is 1. The number of hydrogen-bond donors (Lipinski definition) is 1. The molecule has 0 saturated carbocycles. The van der Waals surface area contributed by atoms with E-state index in [9.17, 15) is 9.59 Å². The van der Waals surface area contributed by atoms with Gasteiger partial charge in [-0.3, -0.25) is 4.79 Å². The van der Waals surface area contributed by atoms with Gasteiger partial charge in [0.2, 0.25) is 0 Å². The van der Waals surface area contributed by atoms with Crippen molar-refractivity contribution in [1.29, 1.82) is 0 Å². The fourth-order valence-corrected chi connectivity index (χ4v) is 6.06. The third kappa shape index (κ3) is 5.99. The van der Waals surface area contributed by atoms with Crippen molar-refractivity contribution in [1.82, 2.24) is 0 Å². The first kappa shape index (κ1) is 25.8. The lowest BCUT2D eigenvalue weighted by Crippen LogP contribution is -2.26. The smallest absolute Gasteiger partial charge is 0.341 e. The highest BCUT2D eigenvalue weighted by Crippen LogP contribution is 2.44. The van der Waals surface area contributed by atoms with Crippen LogP contribution in [0.25, 0.3) is 0 Å². The maximum atomic E-state index is 12.7. The van der Waals surface area contributed by atoms with Gasteiger partial charge in [0, 0.05) is 4.88 Å². The number of esters is 1. The Labute approximate surface area is 209 Å². The van der Waals surface area contributed by atoms with E-state index in [1.54, 1.807) is 0 Å². The molecule has 0 aliphatic heterocycles. The first-order valence-electron chi connectivity index (χ1n) is 11.5. The van der Waals surface area contributed by atoms with E-state index in [1.165, 1.54) is 28.9 Å². The van der Waals surface area contributed by atoms with E-state index < -0.39 is 5.97 Å². The molecule has 2 unspecified atom stereocenters. The van der Waals surface area contributed by atoms with Crippen LogP contribution in [0.1, 0.15) is 79.7 Å². The zero-order valence-electron chi connectivity index (χ0n) is 20.3. The number of carbonyl (C=O) groups excluding carboxylic acids is 2. The second-order valence-corrected chi connectivity index (χ2v) is 11.8. The summed E-state index contributed by atoms with van der Waals surface area (Å²) in [5.41, 5.74) is 2.94. The Morgan fingerprint density at radius 2 is 2.03 bits per heavy atom. The number of benzene rings is 1. The van der Waals surface area contributed by atoms with E-state index in [4.69, 9.17) is 9.47 Å². The lowest BCUT2D eigenvalue weighted by atomic mass is 9.72. The van der Waals surface area contributed by atoms with Gasteiger partial charge in [-0.15, -0.1) is 11.3 Å². The molecule has 1 aromatic heterocycles. The molecule has 5 nitrogen and oxygen atoms in total. The van der Waals surface area contributed by atoms with E-state index in [0.717, 1.165) is 35.7 Å². The van der Waals surface area contributed by atoms with Crippen LogP contribution in [-0.4, -0.2) is 25.6 Å². The van der Waals surface area contributed by atoms with Crippen molar-refractivity contribution in [3.05, 3.63) is 44.2 Å². The zero-order valence-corrected chi connectivity index (χ0v) is 22.7. The molecular weight excluding hydrogens is 502 g/mol. The van der Waals surface area contributed by atoms with Crippen molar-refractivity contribution in [3.63, 3.8) is 0 Å². The average molecular weight is 537 g/mol. The van der Waals surface area contributed by atoms with Crippen LogP contribution in [0.5, 0.6) is 5.75 Å². The highest BCUT2D eigenvalue weighted by molar-refractivity contribution is 9.10. The van der Waals surface area contributed by atoms with Crippen molar-refractivity contribution < 1.29 is 19.1 Å². The number of nitrogens with one attached hydrogen (secondary N) is 1. The molecule has 2 atom stereocenters. The maximum Gasteiger partial charge on any atom is 0.341 e. The van der Waals surface area contributed by atoms with Crippen LogP contribution in [-0.2, 0) is 22.4 Å². The summed E-state index contributed by atoms with van der Waals surface area (Å²) in [4.78, 5) is 26.4. The molecular formula is C26H34BrNO4S. The van der Waals surface area contributed by atoms with Crippen LogP contribution in [0.3, 0.4) is 0 Å². The predicted octanol–water partition coefficient (Wildman–Crippen LogP) is 6.98. The van der Waals surface area contributed by atoms with Gasteiger partial charge in [-0.05, 0) is 82.1 Å². The maximum absolute atomic E-state index is 12.7. The minimum atomic E-state index is -0.402. The van der Waals surface area contributed by atoms with Crippen LogP contribution in [0, 0.1) is 11.3 Å². The van der Waals surface area contributed by atoms with E-state index in [1.807, 2.05) is 18.2 Å². The normalized spacial score (nSPS) is 16.6. The highest BCUT2D eigenvalue weighted by atomic mass is 79.9. The number of halogens is 1. The van der Waals surface area contributed by atoms with Gasteiger partial charge in [0.25, 0.3) is 5.91 Å². The summed E-state index contributed by atoms with van der Waals surface area (Å²) >= 11 is 5.03. The van der Waals surface area contributed by atoms with E-state index >= 15 is 0 Å². The van der Waals surface area contributed by atoms with Gasteiger partial charge in [-0.2, -0.15) is 0 Å². The van der Waals surface area contributed by atoms with Crippen LogP contribution < -0.4 is 10.1 Å². The zero-order chi connectivity index (χ0) is 24.3. The average Bonchev–Trinajstić information content (AvgIpc) is 3.13. The van der Waals surface area contributed by atoms with E-state index in [0.29, 0.717) is 28.1 Å². The quantitative estimate of drug-likeness (QED) is 0.388. The number of carbonyl (C=O) groups is 2. The first-order valence-corrected chi connectivity index (χ1v) is 13.1. The molecule has 0 spiro atoms. The minimum absolute atomic E-state index is 0.144. The van der Waals surface area contributed by atoms with Crippen molar-refractivity contribution in [2.45, 2.75) is 66.2 Å². The van der Waals surface area contributed by atoms with Crippen molar-refractivity contribution in [3.8, 4) is 5.75 Å². The third-order valence-corrected chi connectivity index (χ3v) is 8.42. The van der Waals surface area contributed by atoms with Crippen LogP contribution >= 0.6 is 27.3 Å². The van der Waals surface area contributed by atoms with E-state index in [-0.39, 0.29) is 17.9 Å². The van der Waals surface area contributed by atoms with Gasteiger partial charge in [0.05, 0.1) is 17.1 Å². The summed E-state index contributed by atoms with van der Waals surface area (Å²) in [6, 6.07) is 5.95. The van der Waals surface area contributed by atoms with Crippen molar-refractivity contribution in [2.75, 3.05) is 19.0 Å². The van der Waals surface area contributed by atoms with Crippen LogP contribution in [0.2, 0.25) is 0 Å². The summed E-state index contributed by atoms with van der Waals surface area (Å²) in [6.07, 6.45) is 3.81. The Morgan fingerprint density at radius 1 is 1.30 bits per heavy atom. The molecule has 1 aliphatic carbocycles. The predicted molar refractivity (Wildman–Crippen MR) is 138 cm³/mol. The number of anilines is 1. The molecule has 7 heteroatoms. The number of methoxy groups -OCH3 is 1. The molecule has 0 fully saturated rings. The van der Waals surface area contributed by atoms with Gasteiger partial charge in [-0.25, -0.2) is 4.79 Å². The minimum Gasteiger partial charge on any atom is -0.483 e. The number of thiophene rings is 1. The first-order chi connectivity index (χ1) is 15.5. The Morgan fingerprint density at radius 3 is 2.64 bits per heavy atom. The van der Waals surface area contributed by atoms with Gasteiger partial charge in [0.15, 0.2) is 6.61 Å². The summed E-state index contributed by atoms with van der Waals surface area (Å²) in [6.45, 7) is 11.0. The lowest BCUT2D eigenvalue weighted by molar-refractivity contribution is -0.118. The lowest BCUT2D eigenvalue weighted by Gasteiger charge is -2.33. The Kier molecular flexibility index (Phi) is 8.27. The highest BCUT2D eigenvalue weighted by Gasteiger charge is 2.34.